The van der Waals surface area contributed by atoms with Crippen molar-refractivity contribution < 1.29 is 19.0 Å². The molecule has 0 fully saturated rings. The molecule has 0 radical (unpaired) electrons. The van der Waals surface area contributed by atoms with Crippen LogP contribution in [0.4, 0.5) is 5.69 Å². The molecule has 0 aliphatic rings. The fraction of sp³-hybridized carbons (Fsp3) is 0.0968. The van der Waals surface area contributed by atoms with E-state index in [0.29, 0.717) is 40.1 Å². The molecular formula is C31H23BrCl2N2O4. The van der Waals surface area contributed by atoms with Crippen molar-refractivity contribution in [3.8, 4) is 23.3 Å². The number of carbonyl (C=O) groups excluding carboxylic acids is 1. The first-order valence-corrected chi connectivity index (χ1v) is 13.5. The van der Waals surface area contributed by atoms with Crippen LogP contribution in [0.15, 0.2) is 95.0 Å². The third-order valence-corrected chi connectivity index (χ3v) is 6.72. The van der Waals surface area contributed by atoms with Gasteiger partial charge in [0.15, 0.2) is 11.5 Å². The fourth-order valence-electron chi connectivity index (χ4n) is 3.59. The lowest BCUT2D eigenvalue weighted by molar-refractivity contribution is -0.112. The monoisotopic (exact) mass is 636 g/mol. The average molecular weight is 638 g/mol. The second-order valence-corrected chi connectivity index (χ2v) is 10.3. The van der Waals surface area contributed by atoms with Crippen LogP contribution in [0.1, 0.15) is 16.7 Å². The van der Waals surface area contributed by atoms with Gasteiger partial charge >= 0.3 is 0 Å². The number of halogens is 3. The summed E-state index contributed by atoms with van der Waals surface area (Å²) in [7, 11) is 1.48. The lowest BCUT2D eigenvalue weighted by atomic mass is 10.1. The molecule has 1 amide bonds. The summed E-state index contributed by atoms with van der Waals surface area (Å²) in [6.45, 7) is 0.666. The van der Waals surface area contributed by atoms with E-state index in [1.807, 2.05) is 42.5 Å². The minimum Gasteiger partial charge on any atom is -0.493 e. The highest BCUT2D eigenvalue weighted by Gasteiger charge is 2.15. The molecular weight excluding hydrogens is 615 g/mol. The number of hydrogen-bond acceptors (Lipinski definition) is 5. The summed E-state index contributed by atoms with van der Waals surface area (Å²) in [5, 5.41) is 13.3. The van der Waals surface area contributed by atoms with Crippen LogP contribution in [0.25, 0.3) is 6.08 Å². The zero-order valence-corrected chi connectivity index (χ0v) is 24.4. The Labute approximate surface area is 250 Å². The maximum Gasteiger partial charge on any atom is 0.266 e. The van der Waals surface area contributed by atoms with Gasteiger partial charge < -0.3 is 19.5 Å². The van der Waals surface area contributed by atoms with Crippen LogP contribution >= 0.6 is 39.1 Å². The molecule has 202 valence electrons. The largest absolute Gasteiger partial charge is 0.493 e. The Bertz CT molecular complexity index is 1550. The van der Waals surface area contributed by atoms with Crippen LogP contribution in [-0.2, 0) is 18.0 Å². The van der Waals surface area contributed by atoms with E-state index in [4.69, 9.17) is 37.4 Å². The van der Waals surface area contributed by atoms with E-state index in [-0.39, 0.29) is 17.2 Å². The van der Waals surface area contributed by atoms with Gasteiger partial charge in [-0.2, -0.15) is 5.26 Å². The van der Waals surface area contributed by atoms with Crippen LogP contribution in [0.3, 0.4) is 0 Å². The summed E-state index contributed by atoms with van der Waals surface area (Å²) in [4.78, 5) is 12.8. The molecule has 4 aromatic rings. The van der Waals surface area contributed by atoms with E-state index < -0.39 is 5.91 Å². The highest BCUT2D eigenvalue weighted by molar-refractivity contribution is 9.10. The molecule has 0 saturated carbocycles. The maximum absolute atomic E-state index is 12.8. The van der Waals surface area contributed by atoms with Crippen LogP contribution in [0.2, 0.25) is 10.0 Å². The number of nitriles is 1. The fourth-order valence-corrected chi connectivity index (χ4v) is 4.26. The highest BCUT2D eigenvalue weighted by atomic mass is 79.9. The van der Waals surface area contributed by atoms with Crippen molar-refractivity contribution in [2.45, 2.75) is 13.2 Å². The zero-order valence-electron chi connectivity index (χ0n) is 21.3. The number of ether oxygens (including phenoxy) is 3. The molecule has 9 heteroatoms. The van der Waals surface area contributed by atoms with Crippen molar-refractivity contribution in [1.82, 2.24) is 0 Å². The summed E-state index contributed by atoms with van der Waals surface area (Å²) in [6, 6.07) is 27.2. The molecule has 0 heterocycles. The summed E-state index contributed by atoms with van der Waals surface area (Å²) < 4.78 is 18.1. The van der Waals surface area contributed by atoms with Crippen molar-refractivity contribution >= 4 is 56.8 Å². The smallest absolute Gasteiger partial charge is 0.266 e. The van der Waals surface area contributed by atoms with Crippen molar-refractivity contribution in [2.75, 3.05) is 12.4 Å². The van der Waals surface area contributed by atoms with Gasteiger partial charge in [-0.15, -0.1) is 0 Å². The minimum atomic E-state index is -0.566. The number of anilines is 1. The normalized spacial score (nSPS) is 10.9. The number of methoxy groups -OCH3 is 1. The van der Waals surface area contributed by atoms with Gasteiger partial charge in [0.1, 0.15) is 30.6 Å². The molecule has 6 nitrogen and oxygen atoms in total. The molecule has 4 aromatic carbocycles. The number of carbonyl (C=O) groups is 1. The predicted octanol–water partition coefficient (Wildman–Crippen LogP) is 8.47. The van der Waals surface area contributed by atoms with E-state index >= 15 is 0 Å². The van der Waals surface area contributed by atoms with Crippen molar-refractivity contribution in [1.29, 1.82) is 5.26 Å². The van der Waals surface area contributed by atoms with Crippen molar-refractivity contribution in [3.63, 3.8) is 0 Å². The van der Waals surface area contributed by atoms with Gasteiger partial charge in [-0.25, -0.2) is 0 Å². The van der Waals surface area contributed by atoms with E-state index in [1.54, 1.807) is 48.5 Å². The summed E-state index contributed by atoms with van der Waals surface area (Å²) in [5.41, 5.74) is 2.85. The van der Waals surface area contributed by atoms with Gasteiger partial charge in [0.25, 0.3) is 5.91 Å². The predicted molar refractivity (Wildman–Crippen MR) is 161 cm³/mol. The molecule has 0 unspecified atom stereocenters. The lowest BCUT2D eigenvalue weighted by Gasteiger charge is -2.14. The number of benzene rings is 4. The molecule has 0 saturated heterocycles. The van der Waals surface area contributed by atoms with Crippen LogP contribution in [-0.4, -0.2) is 13.0 Å². The van der Waals surface area contributed by atoms with Gasteiger partial charge in [-0.05, 0) is 83.4 Å². The Hall–Kier alpha value is -3.96. The standard InChI is InChI=1S/C31H23BrCl2N2O4/c1-38-29-16-22(15-28(34)30(29)40-19-21-4-8-25(33)9-5-21)14-23(17-35)31(37)36-26-10-12-27(13-11-26)39-18-20-2-6-24(32)7-3-20/h2-16H,18-19H2,1H3,(H,36,37)/b23-14+. The van der Waals surface area contributed by atoms with E-state index in [9.17, 15) is 10.1 Å². The van der Waals surface area contributed by atoms with E-state index in [2.05, 4.69) is 21.2 Å². The summed E-state index contributed by atoms with van der Waals surface area (Å²) in [6.07, 6.45) is 1.43. The van der Waals surface area contributed by atoms with Crippen LogP contribution in [0.5, 0.6) is 17.2 Å². The molecule has 0 bridgehead atoms. The Morgan fingerprint density at radius 3 is 2.17 bits per heavy atom. The molecule has 0 aliphatic heterocycles. The molecule has 0 aromatic heterocycles. The Balaban J connectivity index is 1.41. The molecule has 0 atom stereocenters. The summed E-state index contributed by atoms with van der Waals surface area (Å²) in [5.74, 6) is 0.798. The molecule has 0 aliphatic carbocycles. The topological polar surface area (TPSA) is 80.6 Å². The van der Waals surface area contributed by atoms with E-state index in [1.165, 1.54) is 13.2 Å². The Kier molecular flexibility index (Phi) is 10.1. The summed E-state index contributed by atoms with van der Waals surface area (Å²) >= 11 is 15.8. The third kappa shape index (κ3) is 8.03. The molecule has 40 heavy (non-hydrogen) atoms. The number of rotatable bonds is 10. The maximum atomic E-state index is 12.8. The van der Waals surface area contributed by atoms with Gasteiger partial charge in [-0.1, -0.05) is 63.4 Å². The number of nitrogens with one attached hydrogen (secondary N) is 1. The van der Waals surface area contributed by atoms with Gasteiger partial charge in [-0.3, -0.25) is 4.79 Å². The van der Waals surface area contributed by atoms with Gasteiger partial charge in [0, 0.05) is 15.2 Å². The zero-order chi connectivity index (χ0) is 28.5. The van der Waals surface area contributed by atoms with Crippen LogP contribution < -0.4 is 19.5 Å². The lowest BCUT2D eigenvalue weighted by Crippen LogP contribution is -2.13. The quantitative estimate of drug-likeness (QED) is 0.139. The van der Waals surface area contributed by atoms with Gasteiger partial charge in [0.05, 0.1) is 12.1 Å². The Morgan fingerprint density at radius 1 is 0.925 bits per heavy atom. The first-order chi connectivity index (χ1) is 19.3. The van der Waals surface area contributed by atoms with Crippen molar-refractivity contribution in [2.24, 2.45) is 0 Å². The number of hydrogen-bond donors (Lipinski definition) is 1. The number of nitrogens with zero attached hydrogens (tertiary/aromatic N) is 1. The van der Waals surface area contributed by atoms with Gasteiger partial charge in [0.2, 0.25) is 0 Å². The second-order valence-electron chi connectivity index (χ2n) is 8.51. The second kappa shape index (κ2) is 13.9. The molecule has 1 N–H and O–H groups in total. The molecule has 4 rings (SSSR count). The SMILES string of the molecule is COc1cc(/C=C(\C#N)C(=O)Nc2ccc(OCc3ccc(Br)cc3)cc2)cc(Cl)c1OCc1ccc(Cl)cc1. The first-order valence-electron chi connectivity index (χ1n) is 12.0. The van der Waals surface area contributed by atoms with Crippen molar-refractivity contribution in [3.05, 3.63) is 122 Å². The highest BCUT2D eigenvalue weighted by Crippen LogP contribution is 2.37. The third-order valence-electron chi connectivity index (χ3n) is 5.66. The van der Waals surface area contributed by atoms with E-state index in [0.717, 1.165) is 15.6 Å². The average Bonchev–Trinajstić information content (AvgIpc) is 2.96. The first kappa shape index (κ1) is 29.0. The Morgan fingerprint density at radius 2 is 1.55 bits per heavy atom. The minimum absolute atomic E-state index is 0.108. The molecule has 0 spiro atoms. The van der Waals surface area contributed by atoms with Crippen LogP contribution in [0, 0.1) is 11.3 Å². The number of amides is 1.